The van der Waals surface area contributed by atoms with Crippen molar-refractivity contribution in [3.05, 3.63) is 55.8 Å². The zero-order chi connectivity index (χ0) is 16.8. The van der Waals surface area contributed by atoms with Crippen LogP contribution in [0.25, 0.3) is 0 Å². The molecule has 1 aromatic carbocycles. The summed E-state index contributed by atoms with van der Waals surface area (Å²) < 4.78 is 0.781. The van der Waals surface area contributed by atoms with Crippen LogP contribution in [-0.2, 0) is 4.79 Å². The molecule has 0 atom stereocenters. The minimum absolute atomic E-state index is 0.00231. The molecule has 1 aromatic heterocycles. The van der Waals surface area contributed by atoms with E-state index in [0.717, 1.165) is 9.13 Å². The number of nitrogens with zero attached hydrogens (tertiary/aromatic N) is 2. The quantitative estimate of drug-likeness (QED) is 0.420. The Kier molecular flexibility index (Phi) is 5.85. The molecule has 0 radical (unpaired) electrons. The highest BCUT2D eigenvalue weighted by Crippen LogP contribution is 2.26. The molecule has 8 heteroatoms. The minimum atomic E-state index is -0.444. The smallest absolute Gasteiger partial charge is 0.293 e. The zero-order valence-corrected chi connectivity index (χ0v) is 14.5. The second-order valence-corrected chi connectivity index (χ2v) is 6.11. The van der Waals surface area contributed by atoms with Crippen molar-refractivity contribution in [1.82, 2.24) is 4.98 Å². The second kappa shape index (κ2) is 7.86. The Hall–Kier alpha value is -2.23. The highest BCUT2D eigenvalue weighted by Gasteiger charge is 2.14. The van der Waals surface area contributed by atoms with Crippen molar-refractivity contribution in [2.45, 2.75) is 13.3 Å². The van der Waals surface area contributed by atoms with Crippen LogP contribution in [0.4, 0.5) is 17.2 Å². The molecule has 0 bridgehead atoms. The Bertz CT molecular complexity index is 719. The van der Waals surface area contributed by atoms with Crippen molar-refractivity contribution in [2.24, 2.45) is 0 Å². The van der Waals surface area contributed by atoms with Crippen LogP contribution in [0.3, 0.4) is 0 Å². The molecule has 1 heterocycles. The maximum absolute atomic E-state index is 11.8. The van der Waals surface area contributed by atoms with Gasteiger partial charge in [0.25, 0.3) is 5.69 Å². The number of carbonyl (C=O) groups is 1. The summed E-state index contributed by atoms with van der Waals surface area (Å²) in [6.07, 6.45) is 1.85. The normalized spacial score (nSPS) is 10.2. The van der Waals surface area contributed by atoms with Crippen molar-refractivity contribution >= 4 is 45.7 Å². The number of nitro benzene ring substituents is 1. The molecule has 0 fully saturated rings. The fraction of sp³-hybridized carbons (Fsp3) is 0.200. The molecular formula is C15H15IN4O3. The third-order valence-corrected chi connectivity index (χ3v) is 3.67. The van der Waals surface area contributed by atoms with Gasteiger partial charge >= 0.3 is 0 Å². The van der Waals surface area contributed by atoms with Crippen molar-refractivity contribution in [3.63, 3.8) is 0 Å². The van der Waals surface area contributed by atoms with Gasteiger partial charge in [0.2, 0.25) is 5.91 Å². The summed E-state index contributed by atoms with van der Waals surface area (Å²) in [5.74, 6) is 0.280. The fourth-order valence-corrected chi connectivity index (χ4v) is 2.34. The maximum atomic E-state index is 11.8. The second-order valence-electron chi connectivity index (χ2n) is 4.86. The summed E-state index contributed by atoms with van der Waals surface area (Å²) in [6, 6.07) is 8.48. The van der Waals surface area contributed by atoms with E-state index in [1.807, 2.05) is 35.6 Å². The number of anilines is 2. The molecule has 2 N–H and O–H groups in total. The van der Waals surface area contributed by atoms with E-state index in [2.05, 4.69) is 15.6 Å². The van der Waals surface area contributed by atoms with Crippen LogP contribution < -0.4 is 10.6 Å². The highest BCUT2D eigenvalue weighted by atomic mass is 127. The third kappa shape index (κ3) is 5.16. The number of aromatic nitrogens is 1. The van der Waals surface area contributed by atoms with E-state index in [4.69, 9.17) is 0 Å². The number of benzene rings is 1. The van der Waals surface area contributed by atoms with Gasteiger partial charge in [0.15, 0.2) is 0 Å². The number of nitrogens with one attached hydrogen (secondary N) is 2. The lowest BCUT2D eigenvalue weighted by atomic mass is 10.2. The van der Waals surface area contributed by atoms with Gasteiger partial charge in [-0.25, -0.2) is 4.98 Å². The van der Waals surface area contributed by atoms with Gasteiger partial charge in [0, 0.05) is 28.8 Å². The lowest BCUT2D eigenvalue weighted by Crippen LogP contribution is -2.17. The monoisotopic (exact) mass is 426 g/mol. The predicted molar refractivity (Wildman–Crippen MR) is 96.5 cm³/mol. The first kappa shape index (κ1) is 17.1. The fourth-order valence-electron chi connectivity index (χ4n) is 1.86. The van der Waals surface area contributed by atoms with Crippen molar-refractivity contribution in [2.75, 3.05) is 17.2 Å². The number of halogens is 1. The lowest BCUT2D eigenvalue weighted by molar-refractivity contribution is -0.384. The Morgan fingerprint density at radius 1 is 1.35 bits per heavy atom. The summed E-state index contributed by atoms with van der Waals surface area (Å²) in [5.41, 5.74) is 1.41. The summed E-state index contributed by atoms with van der Waals surface area (Å²) in [5, 5.41) is 16.6. The number of amides is 1. The Morgan fingerprint density at radius 3 is 2.78 bits per heavy atom. The summed E-state index contributed by atoms with van der Waals surface area (Å²) in [6.45, 7) is 2.20. The SMILES string of the molecule is Cc1ccc(NC(=O)CCNc2ccc(I)cc2[N+](=O)[O-])nc1. The van der Waals surface area contributed by atoms with E-state index in [0.29, 0.717) is 18.1 Å². The van der Waals surface area contributed by atoms with Gasteiger partial charge in [-0.05, 0) is 53.3 Å². The van der Waals surface area contributed by atoms with Gasteiger partial charge in [-0.2, -0.15) is 0 Å². The molecule has 120 valence electrons. The third-order valence-electron chi connectivity index (χ3n) is 3.00. The van der Waals surface area contributed by atoms with Gasteiger partial charge in [0.1, 0.15) is 11.5 Å². The molecule has 23 heavy (non-hydrogen) atoms. The molecule has 7 nitrogen and oxygen atoms in total. The average molecular weight is 426 g/mol. The molecule has 0 aliphatic rings. The van der Waals surface area contributed by atoms with Crippen LogP contribution in [0.2, 0.25) is 0 Å². The van der Waals surface area contributed by atoms with Crippen LogP contribution >= 0.6 is 22.6 Å². The van der Waals surface area contributed by atoms with Crippen LogP contribution in [0.5, 0.6) is 0 Å². The molecule has 0 spiro atoms. The standard InChI is InChI=1S/C15H15IN4O3/c1-10-2-5-14(18-9-10)19-15(21)6-7-17-12-4-3-11(16)8-13(12)20(22)23/h2-5,8-9,17H,6-7H2,1H3,(H,18,19,21). The number of carbonyl (C=O) groups excluding carboxylic acids is 1. The van der Waals surface area contributed by atoms with Gasteiger partial charge < -0.3 is 10.6 Å². The predicted octanol–water partition coefficient (Wildman–Crippen LogP) is 3.34. The Labute approximate surface area is 146 Å². The van der Waals surface area contributed by atoms with Crippen molar-refractivity contribution in [1.29, 1.82) is 0 Å². The minimum Gasteiger partial charge on any atom is -0.379 e. The highest BCUT2D eigenvalue weighted by molar-refractivity contribution is 14.1. The molecule has 0 aliphatic heterocycles. The van der Waals surface area contributed by atoms with Gasteiger partial charge in [-0.15, -0.1) is 0 Å². The number of pyridine rings is 1. The van der Waals surface area contributed by atoms with Gasteiger partial charge in [-0.1, -0.05) is 6.07 Å². The molecule has 1 amide bonds. The molecule has 0 aliphatic carbocycles. The van der Waals surface area contributed by atoms with E-state index in [1.165, 1.54) is 6.07 Å². The number of nitro groups is 1. The first-order valence-corrected chi connectivity index (χ1v) is 7.94. The Morgan fingerprint density at radius 2 is 2.13 bits per heavy atom. The van der Waals surface area contributed by atoms with E-state index in [1.54, 1.807) is 24.4 Å². The number of aryl methyl sites for hydroxylation is 1. The Balaban J connectivity index is 1.88. The molecule has 2 aromatic rings. The molecule has 2 rings (SSSR count). The summed E-state index contributed by atoms with van der Waals surface area (Å²) in [4.78, 5) is 26.5. The molecule has 0 saturated carbocycles. The lowest BCUT2D eigenvalue weighted by Gasteiger charge is -2.08. The molecular weight excluding hydrogens is 411 g/mol. The van der Waals surface area contributed by atoms with E-state index >= 15 is 0 Å². The van der Waals surface area contributed by atoms with Crippen molar-refractivity contribution in [3.8, 4) is 0 Å². The van der Waals surface area contributed by atoms with E-state index < -0.39 is 4.92 Å². The topological polar surface area (TPSA) is 97.2 Å². The van der Waals surface area contributed by atoms with Crippen LogP contribution in [0, 0.1) is 20.6 Å². The number of rotatable bonds is 6. The molecule has 0 unspecified atom stereocenters. The van der Waals surface area contributed by atoms with E-state index in [9.17, 15) is 14.9 Å². The number of hydrogen-bond acceptors (Lipinski definition) is 5. The maximum Gasteiger partial charge on any atom is 0.293 e. The average Bonchev–Trinajstić information content (AvgIpc) is 2.51. The van der Waals surface area contributed by atoms with Crippen LogP contribution in [-0.4, -0.2) is 22.4 Å². The van der Waals surface area contributed by atoms with Gasteiger partial charge in [0.05, 0.1) is 4.92 Å². The largest absolute Gasteiger partial charge is 0.379 e. The first-order valence-electron chi connectivity index (χ1n) is 6.86. The van der Waals surface area contributed by atoms with Crippen LogP contribution in [0.15, 0.2) is 36.5 Å². The van der Waals surface area contributed by atoms with E-state index in [-0.39, 0.29) is 18.0 Å². The molecule has 0 saturated heterocycles. The number of hydrogen-bond donors (Lipinski definition) is 2. The first-order chi connectivity index (χ1) is 11.0. The summed E-state index contributed by atoms with van der Waals surface area (Å²) >= 11 is 2.02. The van der Waals surface area contributed by atoms with Gasteiger partial charge in [-0.3, -0.25) is 14.9 Å². The zero-order valence-electron chi connectivity index (χ0n) is 12.4. The summed E-state index contributed by atoms with van der Waals surface area (Å²) in [7, 11) is 0. The van der Waals surface area contributed by atoms with Crippen LogP contribution in [0.1, 0.15) is 12.0 Å². The van der Waals surface area contributed by atoms with Crippen molar-refractivity contribution < 1.29 is 9.72 Å².